The number of aromatic nitrogens is 2. The minimum Gasteiger partial charge on any atom is -0.492 e. The van der Waals surface area contributed by atoms with Gasteiger partial charge in [-0.25, -0.2) is 0 Å². The Bertz CT molecular complexity index is 1850. The van der Waals surface area contributed by atoms with Crippen molar-refractivity contribution in [2.75, 3.05) is 0 Å². The fourth-order valence-corrected chi connectivity index (χ4v) is 6.01. The number of thiazole rings is 1. The molecule has 3 heterocycles. The molecule has 0 unspecified atom stereocenters. The van der Waals surface area contributed by atoms with E-state index in [1.807, 2.05) is 42.5 Å². The van der Waals surface area contributed by atoms with Crippen molar-refractivity contribution in [1.29, 1.82) is 0 Å². The van der Waals surface area contributed by atoms with E-state index in [0.717, 1.165) is 44.9 Å². The van der Waals surface area contributed by atoms with Gasteiger partial charge in [0, 0.05) is 35.4 Å². The Kier molecular flexibility index (Phi) is 6.47. The first-order valence-corrected chi connectivity index (χ1v) is 14.2. The van der Waals surface area contributed by atoms with Crippen LogP contribution in [0.2, 0.25) is 0 Å². The average molecular weight is 550 g/mol. The van der Waals surface area contributed by atoms with Gasteiger partial charge < -0.3 is 9.52 Å². The second-order valence-electron chi connectivity index (χ2n) is 9.64. The first-order valence-electron chi connectivity index (χ1n) is 13.4. The van der Waals surface area contributed by atoms with Crippen molar-refractivity contribution >= 4 is 11.3 Å². The topological polar surface area (TPSA) is 50.1 Å². The minimum absolute atomic E-state index is 0.00367. The molecule has 0 spiro atoms. The number of benzene rings is 4. The van der Waals surface area contributed by atoms with E-state index in [9.17, 15) is 5.11 Å². The molecule has 7 rings (SSSR count). The summed E-state index contributed by atoms with van der Waals surface area (Å²) in [6.07, 6.45) is 1.61. The second-order valence-corrected chi connectivity index (χ2v) is 10.6. The summed E-state index contributed by atoms with van der Waals surface area (Å²) < 4.78 is 7.79. The van der Waals surface area contributed by atoms with Gasteiger partial charge in [-0.15, -0.1) is 11.3 Å². The highest BCUT2D eigenvalue weighted by Gasteiger charge is 2.25. The van der Waals surface area contributed by atoms with Crippen molar-refractivity contribution in [3.8, 4) is 66.4 Å². The van der Waals surface area contributed by atoms with Crippen LogP contribution in [0.3, 0.4) is 0 Å². The normalized spacial score (nSPS) is 11.0. The maximum absolute atomic E-state index is 10.6. The van der Waals surface area contributed by atoms with Crippen molar-refractivity contribution in [3.63, 3.8) is 0 Å². The maximum atomic E-state index is 10.6. The summed E-state index contributed by atoms with van der Waals surface area (Å²) in [5, 5.41) is 11.3. The van der Waals surface area contributed by atoms with Crippen LogP contribution in [0.4, 0.5) is 0 Å². The third-order valence-electron chi connectivity index (χ3n) is 7.04. The number of aromatic hydroxyl groups is 1. The van der Waals surface area contributed by atoms with Crippen molar-refractivity contribution < 1.29 is 14.1 Å². The summed E-state index contributed by atoms with van der Waals surface area (Å²) in [5.74, 6) is 0.645. The van der Waals surface area contributed by atoms with Crippen LogP contribution in [0.15, 0.2) is 150 Å². The van der Waals surface area contributed by atoms with Crippen LogP contribution in [-0.4, -0.2) is 10.1 Å². The van der Waals surface area contributed by atoms with Crippen LogP contribution in [0.25, 0.3) is 60.5 Å². The first kappa shape index (κ1) is 24.8. The monoisotopic (exact) mass is 549 g/mol. The molecule has 5 heteroatoms. The second kappa shape index (κ2) is 10.7. The van der Waals surface area contributed by atoms with Crippen LogP contribution in [-0.2, 0) is 0 Å². The summed E-state index contributed by atoms with van der Waals surface area (Å²) >= 11 is 1.41. The molecule has 7 aromatic rings. The van der Waals surface area contributed by atoms with E-state index in [0.29, 0.717) is 15.6 Å². The van der Waals surface area contributed by atoms with Crippen LogP contribution < -0.4 is 4.57 Å². The molecular formula is C36H25N2O2S+. The zero-order chi connectivity index (χ0) is 27.6. The van der Waals surface area contributed by atoms with Crippen molar-refractivity contribution in [2.24, 2.45) is 0 Å². The van der Waals surface area contributed by atoms with Crippen LogP contribution in [0, 0.1) is 0 Å². The Morgan fingerprint density at radius 2 is 1.12 bits per heavy atom. The molecule has 0 saturated heterocycles. The molecule has 41 heavy (non-hydrogen) atoms. The highest BCUT2D eigenvalue weighted by Crippen LogP contribution is 2.39. The Hall–Kier alpha value is -5.26. The van der Waals surface area contributed by atoms with Crippen LogP contribution in [0.5, 0.6) is 5.88 Å². The Morgan fingerprint density at radius 1 is 0.561 bits per heavy atom. The van der Waals surface area contributed by atoms with Crippen LogP contribution in [0.1, 0.15) is 0 Å². The number of pyridine rings is 1. The predicted molar refractivity (Wildman–Crippen MR) is 165 cm³/mol. The molecule has 4 nitrogen and oxygen atoms in total. The molecule has 3 aromatic heterocycles. The summed E-state index contributed by atoms with van der Waals surface area (Å²) in [6, 6.07) is 47.9. The van der Waals surface area contributed by atoms with Gasteiger partial charge in [0.25, 0.3) is 0 Å². The zero-order valence-corrected chi connectivity index (χ0v) is 22.8. The lowest BCUT2D eigenvalue weighted by molar-refractivity contribution is -0.572. The van der Waals surface area contributed by atoms with E-state index in [-0.39, 0.29) is 5.88 Å². The third kappa shape index (κ3) is 4.84. The van der Waals surface area contributed by atoms with E-state index >= 15 is 0 Å². The van der Waals surface area contributed by atoms with E-state index in [4.69, 9.17) is 4.42 Å². The van der Waals surface area contributed by atoms with Gasteiger partial charge in [-0.1, -0.05) is 66.7 Å². The SMILES string of the molecule is Oc1nc(-c2ccco2)sc1-c1ccc(-[n+]2c(-c3ccccc3)cc(-c3ccccc3)cc2-c2ccccc2)cc1. The van der Waals surface area contributed by atoms with Crippen LogP contribution >= 0.6 is 11.3 Å². The Labute approximate surface area is 242 Å². The largest absolute Gasteiger partial charge is 0.492 e. The van der Waals surface area contributed by atoms with Gasteiger partial charge in [-0.2, -0.15) is 9.55 Å². The quantitative estimate of drug-likeness (QED) is 0.211. The smallest absolute Gasteiger partial charge is 0.230 e. The summed E-state index contributed by atoms with van der Waals surface area (Å²) in [7, 11) is 0. The molecule has 0 amide bonds. The molecule has 0 saturated carbocycles. The minimum atomic E-state index is 0.00367. The van der Waals surface area contributed by atoms with Gasteiger partial charge in [0.05, 0.1) is 11.1 Å². The summed E-state index contributed by atoms with van der Waals surface area (Å²) in [6.45, 7) is 0. The number of rotatable bonds is 6. The summed E-state index contributed by atoms with van der Waals surface area (Å²) in [5.41, 5.74) is 8.63. The number of furan rings is 1. The molecule has 196 valence electrons. The maximum Gasteiger partial charge on any atom is 0.230 e. The molecule has 0 aliphatic carbocycles. The van der Waals surface area contributed by atoms with E-state index in [1.54, 1.807) is 6.26 Å². The Balaban J connectivity index is 1.41. The fraction of sp³-hybridized carbons (Fsp3) is 0. The van der Waals surface area contributed by atoms with Crippen molar-refractivity contribution in [2.45, 2.75) is 0 Å². The number of hydrogen-bond donors (Lipinski definition) is 1. The fourth-order valence-electron chi connectivity index (χ4n) is 5.08. The van der Waals surface area contributed by atoms with Gasteiger partial charge in [-0.3, -0.25) is 0 Å². The first-order chi connectivity index (χ1) is 20.2. The zero-order valence-electron chi connectivity index (χ0n) is 22.0. The van der Waals surface area contributed by atoms with Gasteiger partial charge in [0.2, 0.25) is 23.0 Å². The molecular weight excluding hydrogens is 524 g/mol. The highest BCUT2D eigenvalue weighted by atomic mass is 32.1. The molecule has 1 N–H and O–H groups in total. The van der Waals surface area contributed by atoms with Crippen molar-refractivity contribution in [1.82, 2.24) is 4.98 Å². The molecule has 0 atom stereocenters. The number of nitrogens with zero attached hydrogens (tertiary/aromatic N) is 2. The lowest BCUT2D eigenvalue weighted by atomic mass is 9.98. The molecule has 0 bridgehead atoms. The van der Waals surface area contributed by atoms with Crippen molar-refractivity contribution in [3.05, 3.63) is 146 Å². The van der Waals surface area contributed by atoms with E-state index in [2.05, 4.69) is 107 Å². The molecule has 0 aliphatic heterocycles. The standard InChI is InChI=1S/C36H24N2O2S/c39-35-34(41-36(37-35)33-17-10-22-40-33)28-18-20-30(21-19-28)38-31(26-13-6-2-7-14-26)23-29(25-11-4-1-5-12-25)24-32(38)27-15-8-3-9-16-27/h1-24H/p+1. The van der Waals surface area contributed by atoms with Gasteiger partial charge in [-0.05, 0) is 65.2 Å². The lowest BCUT2D eigenvalue weighted by Gasteiger charge is -2.13. The van der Waals surface area contributed by atoms with Gasteiger partial charge in [0.1, 0.15) is 0 Å². The Morgan fingerprint density at radius 3 is 1.66 bits per heavy atom. The van der Waals surface area contributed by atoms with E-state index in [1.165, 1.54) is 11.3 Å². The number of hydrogen-bond acceptors (Lipinski definition) is 4. The predicted octanol–water partition coefficient (Wildman–Crippen LogP) is 9.05. The van der Waals surface area contributed by atoms with E-state index < -0.39 is 0 Å². The van der Waals surface area contributed by atoms with Gasteiger partial charge >= 0.3 is 0 Å². The molecule has 4 aromatic carbocycles. The summed E-state index contributed by atoms with van der Waals surface area (Å²) in [4.78, 5) is 5.04. The highest BCUT2D eigenvalue weighted by molar-refractivity contribution is 7.18. The average Bonchev–Trinajstić information content (AvgIpc) is 3.72. The molecule has 0 fully saturated rings. The lowest BCUT2D eigenvalue weighted by Crippen LogP contribution is -2.36. The van der Waals surface area contributed by atoms with Gasteiger partial charge in [0.15, 0.2) is 10.8 Å². The third-order valence-corrected chi connectivity index (χ3v) is 8.15. The molecule has 0 aliphatic rings. The molecule has 0 radical (unpaired) electrons.